The van der Waals surface area contributed by atoms with E-state index in [1.165, 1.54) is 0 Å². The molecule has 0 bridgehead atoms. The van der Waals surface area contributed by atoms with Crippen molar-refractivity contribution >= 4 is 41.9 Å². The zero-order valence-electron chi connectivity index (χ0n) is 19.0. The van der Waals surface area contributed by atoms with E-state index in [1.54, 1.807) is 4.90 Å². The van der Waals surface area contributed by atoms with E-state index < -0.39 is 5.60 Å². The van der Waals surface area contributed by atoms with Crippen LogP contribution >= 0.6 is 24.0 Å². The Morgan fingerprint density at radius 1 is 1.26 bits per heavy atom. The number of ether oxygens (including phenoxy) is 2. The van der Waals surface area contributed by atoms with Crippen LogP contribution in [0.25, 0.3) is 0 Å². The molecule has 2 saturated heterocycles. The molecule has 10 heteroatoms. The van der Waals surface area contributed by atoms with Crippen LogP contribution in [0.5, 0.6) is 0 Å². The summed E-state index contributed by atoms with van der Waals surface area (Å²) in [5, 5.41) is 0.529. The number of anilines is 2. The Labute approximate surface area is 195 Å². The highest BCUT2D eigenvalue weighted by atomic mass is 35.5. The Morgan fingerprint density at radius 3 is 2.68 bits per heavy atom. The molecule has 0 radical (unpaired) electrons. The molecule has 0 unspecified atom stereocenters. The maximum absolute atomic E-state index is 12.6. The number of fused-ring (bicyclic) bond motifs is 1. The largest absolute Gasteiger partial charge is 0.444 e. The van der Waals surface area contributed by atoms with Crippen LogP contribution in [-0.4, -0.2) is 77.5 Å². The summed E-state index contributed by atoms with van der Waals surface area (Å²) in [4.78, 5) is 28.4. The van der Waals surface area contributed by atoms with Crippen molar-refractivity contribution < 1.29 is 14.3 Å². The average molecular weight is 474 g/mol. The lowest BCUT2D eigenvalue weighted by atomic mass is 9.99. The molecule has 3 aliphatic rings. The van der Waals surface area contributed by atoms with E-state index in [0.29, 0.717) is 37.4 Å². The minimum atomic E-state index is -0.499. The van der Waals surface area contributed by atoms with E-state index in [-0.39, 0.29) is 30.1 Å². The third kappa shape index (κ3) is 4.81. The molecule has 4 rings (SSSR count). The number of halogens is 2. The topological polar surface area (TPSA) is 71.0 Å². The van der Waals surface area contributed by atoms with Crippen LogP contribution in [0.3, 0.4) is 0 Å². The first-order valence-corrected chi connectivity index (χ1v) is 11.1. The molecular formula is C21H33Cl2N5O3. The predicted molar refractivity (Wildman–Crippen MR) is 124 cm³/mol. The summed E-state index contributed by atoms with van der Waals surface area (Å²) >= 11 is 6.59. The van der Waals surface area contributed by atoms with Gasteiger partial charge in [0, 0.05) is 31.7 Å². The number of rotatable bonds is 2. The van der Waals surface area contributed by atoms with E-state index in [2.05, 4.69) is 28.6 Å². The zero-order valence-corrected chi connectivity index (χ0v) is 20.6. The number of hydrogen-bond donors (Lipinski definition) is 0. The summed E-state index contributed by atoms with van der Waals surface area (Å²) in [6.45, 7) is 14.1. The fourth-order valence-electron chi connectivity index (χ4n) is 4.53. The van der Waals surface area contributed by atoms with Gasteiger partial charge in [0.25, 0.3) is 0 Å². The first-order chi connectivity index (χ1) is 14.1. The number of likely N-dealkylation sites (tertiary alicyclic amines) is 1. The molecule has 8 nitrogen and oxygen atoms in total. The molecule has 3 aliphatic heterocycles. The van der Waals surface area contributed by atoms with Gasteiger partial charge in [0.05, 0.1) is 24.8 Å². The van der Waals surface area contributed by atoms with Crippen molar-refractivity contribution in [3.8, 4) is 0 Å². The summed E-state index contributed by atoms with van der Waals surface area (Å²) in [7, 11) is 0. The van der Waals surface area contributed by atoms with Crippen LogP contribution < -0.4 is 9.80 Å². The molecule has 4 heterocycles. The lowest BCUT2D eigenvalue weighted by molar-refractivity contribution is 0.0285. The summed E-state index contributed by atoms with van der Waals surface area (Å²) in [6, 6.07) is 0.201. The molecule has 0 spiro atoms. The van der Waals surface area contributed by atoms with Crippen LogP contribution in [-0.2, 0) is 15.9 Å². The third-order valence-electron chi connectivity index (χ3n) is 6.14. The van der Waals surface area contributed by atoms with Gasteiger partial charge in [-0.3, -0.25) is 0 Å². The molecule has 1 amide bonds. The van der Waals surface area contributed by atoms with Crippen molar-refractivity contribution in [2.75, 3.05) is 49.2 Å². The van der Waals surface area contributed by atoms with Gasteiger partial charge in [-0.1, -0.05) is 11.6 Å². The van der Waals surface area contributed by atoms with Crippen LogP contribution in [0, 0.1) is 0 Å². The van der Waals surface area contributed by atoms with Crippen molar-refractivity contribution in [1.82, 2.24) is 14.9 Å². The molecule has 174 valence electrons. The third-order valence-corrected chi connectivity index (χ3v) is 6.46. The SMILES string of the molecule is C[C@H]1COCCN1c1nc(Cl)c2c(n1)N([C@@]1(C)CCN(C(=O)OC(C)(C)C)C1)CC2.Cl. The van der Waals surface area contributed by atoms with Gasteiger partial charge in [-0.15, -0.1) is 12.4 Å². The maximum Gasteiger partial charge on any atom is 0.410 e. The quantitative estimate of drug-likeness (QED) is 0.608. The molecule has 2 atom stereocenters. The van der Waals surface area contributed by atoms with Crippen molar-refractivity contribution in [1.29, 1.82) is 0 Å². The first-order valence-electron chi connectivity index (χ1n) is 10.7. The van der Waals surface area contributed by atoms with Gasteiger partial charge in [-0.05, 0) is 47.5 Å². The van der Waals surface area contributed by atoms with E-state index in [1.807, 2.05) is 20.8 Å². The van der Waals surface area contributed by atoms with Gasteiger partial charge >= 0.3 is 6.09 Å². The minimum absolute atomic E-state index is 0. The van der Waals surface area contributed by atoms with Crippen LogP contribution in [0.15, 0.2) is 0 Å². The molecule has 0 saturated carbocycles. The van der Waals surface area contributed by atoms with Gasteiger partial charge < -0.3 is 24.2 Å². The lowest BCUT2D eigenvalue weighted by Crippen LogP contribution is -2.49. The fourth-order valence-corrected chi connectivity index (χ4v) is 4.78. The van der Waals surface area contributed by atoms with Gasteiger partial charge in [0.1, 0.15) is 16.6 Å². The molecular weight excluding hydrogens is 441 g/mol. The van der Waals surface area contributed by atoms with Crippen LogP contribution in [0.2, 0.25) is 5.15 Å². The maximum atomic E-state index is 12.6. The molecule has 1 aromatic heterocycles. The molecule has 0 aliphatic carbocycles. The number of nitrogens with zero attached hydrogens (tertiary/aromatic N) is 5. The lowest BCUT2D eigenvalue weighted by Gasteiger charge is -2.38. The summed E-state index contributed by atoms with van der Waals surface area (Å²) in [5.41, 5.74) is 0.285. The monoisotopic (exact) mass is 473 g/mol. The molecule has 0 N–H and O–H groups in total. The van der Waals surface area contributed by atoms with E-state index in [0.717, 1.165) is 37.3 Å². The summed E-state index contributed by atoms with van der Waals surface area (Å²) in [6.07, 6.45) is 1.42. The normalized spacial score (nSPS) is 26.0. The second-order valence-corrected chi connectivity index (χ2v) is 10.1. The highest BCUT2D eigenvalue weighted by Gasteiger charge is 2.45. The standard InChI is InChI=1S/C21H32ClN5O3.ClH/c1-14-12-29-11-10-26(14)18-23-16(22)15-6-8-27(17(15)24-18)21(5)7-9-25(13-21)19(28)30-20(2,3)4;/h14H,6-13H2,1-5H3;1H/t14-,21-;/m0./s1. The van der Waals surface area contributed by atoms with Crippen molar-refractivity contribution in [2.24, 2.45) is 0 Å². The van der Waals surface area contributed by atoms with Crippen LogP contribution in [0.4, 0.5) is 16.6 Å². The highest BCUT2D eigenvalue weighted by Crippen LogP contribution is 2.40. The van der Waals surface area contributed by atoms with E-state index in [4.69, 9.17) is 26.1 Å². The van der Waals surface area contributed by atoms with Gasteiger partial charge in [-0.25, -0.2) is 9.78 Å². The average Bonchev–Trinajstić information content (AvgIpc) is 3.26. The minimum Gasteiger partial charge on any atom is -0.444 e. The van der Waals surface area contributed by atoms with Crippen LogP contribution in [0.1, 0.15) is 46.6 Å². The number of hydrogen-bond acceptors (Lipinski definition) is 7. The summed E-state index contributed by atoms with van der Waals surface area (Å²) < 4.78 is 11.1. The molecule has 2 fully saturated rings. The number of morpholine rings is 1. The van der Waals surface area contributed by atoms with E-state index >= 15 is 0 Å². The van der Waals surface area contributed by atoms with Crippen molar-refractivity contribution in [3.63, 3.8) is 0 Å². The fraction of sp³-hybridized carbons (Fsp3) is 0.762. The van der Waals surface area contributed by atoms with E-state index in [9.17, 15) is 4.79 Å². The van der Waals surface area contributed by atoms with Crippen molar-refractivity contribution in [3.05, 3.63) is 10.7 Å². The number of aromatic nitrogens is 2. The number of carbonyl (C=O) groups is 1. The summed E-state index contributed by atoms with van der Waals surface area (Å²) in [5.74, 6) is 1.56. The Morgan fingerprint density at radius 2 is 2.00 bits per heavy atom. The molecule has 31 heavy (non-hydrogen) atoms. The second-order valence-electron chi connectivity index (χ2n) is 9.78. The number of carbonyl (C=O) groups excluding carboxylic acids is 1. The smallest absolute Gasteiger partial charge is 0.410 e. The van der Waals surface area contributed by atoms with Gasteiger partial charge in [0.15, 0.2) is 0 Å². The zero-order chi connectivity index (χ0) is 21.7. The Hall–Kier alpha value is -1.51. The highest BCUT2D eigenvalue weighted by molar-refractivity contribution is 6.30. The predicted octanol–water partition coefficient (Wildman–Crippen LogP) is 3.54. The van der Waals surface area contributed by atoms with Gasteiger partial charge in [-0.2, -0.15) is 4.98 Å². The molecule has 1 aromatic rings. The van der Waals surface area contributed by atoms with Crippen molar-refractivity contribution in [2.45, 2.75) is 64.6 Å². The number of amides is 1. The second kappa shape index (κ2) is 8.79. The van der Waals surface area contributed by atoms with Gasteiger partial charge in [0.2, 0.25) is 5.95 Å². The molecule has 0 aromatic carbocycles. The first kappa shape index (κ1) is 24.1. The Balaban J connectivity index is 0.00000272. The Kier molecular flexibility index (Phi) is 6.84. The Bertz CT molecular complexity index is 834.